The van der Waals surface area contributed by atoms with Crippen molar-refractivity contribution in [3.63, 3.8) is 0 Å². The molecule has 2 rings (SSSR count). The lowest BCUT2D eigenvalue weighted by Gasteiger charge is -2.25. The van der Waals surface area contributed by atoms with E-state index in [1.165, 1.54) is 0 Å². The van der Waals surface area contributed by atoms with E-state index in [9.17, 15) is 28.0 Å². The Bertz CT molecular complexity index is 641. The minimum atomic E-state index is -4.19. The van der Waals surface area contributed by atoms with Crippen LogP contribution in [0.5, 0.6) is 0 Å². The highest BCUT2D eigenvalue weighted by Crippen LogP contribution is 2.28. The fourth-order valence-corrected chi connectivity index (χ4v) is 3.85. The first-order valence-electron chi connectivity index (χ1n) is 6.44. The van der Waals surface area contributed by atoms with E-state index in [0.717, 1.165) is 18.2 Å². The third-order valence-corrected chi connectivity index (χ3v) is 4.99. The van der Waals surface area contributed by atoms with Crippen LogP contribution in [0.15, 0.2) is 23.1 Å². The van der Waals surface area contributed by atoms with E-state index in [-0.39, 0.29) is 0 Å². The molecule has 1 aromatic rings. The van der Waals surface area contributed by atoms with Crippen LogP contribution in [0, 0.1) is 15.9 Å². The topological polar surface area (TPSA) is 110 Å². The number of benzene rings is 1. The zero-order valence-corrected chi connectivity index (χ0v) is 11.8. The highest BCUT2D eigenvalue weighted by molar-refractivity contribution is 7.89. The summed E-state index contributed by atoms with van der Waals surface area (Å²) >= 11 is 0. The van der Waals surface area contributed by atoms with Crippen LogP contribution in [-0.2, 0) is 10.0 Å². The molecule has 1 aliphatic carbocycles. The van der Waals surface area contributed by atoms with Gasteiger partial charge in [0.25, 0.3) is 0 Å². The van der Waals surface area contributed by atoms with Gasteiger partial charge in [-0.3, -0.25) is 10.1 Å². The maximum Gasteiger partial charge on any atom is 0.324 e. The van der Waals surface area contributed by atoms with Crippen molar-refractivity contribution in [2.24, 2.45) is 0 Å². The lowest BCUT2D eigenvalue weighted by molar-refractivity contribution is -0.390. The standard InChI is InChI=1S/C12H15FN2O5S/c13-10-2-1-3-11(12(10)15(17)18)21(19,20)14-8-4-6-9(16)7-5-8/h1-3,8-9,14,16H,4-7H2. The first-order chi connectivity index (χ1) is 9.81. The highest BCUT2D eigenvalue weighted by atomic mass is 32.2. The van der Waals surface area contributed by atoms with Crippen LogP contribution >= 0.6 is 0 Å². The van der Waals surface area contributed by atoms with Gasteiger partial charge in [-0.25, -0.2) is 13.1 Å². The van der Waals surface area contributed by atoms with Crippen molar-refractivity contribution in [1.82, 2.24) is 4.72 Å². The molecule has 0 aliphatic heterocycles. The minimum absolute atomic E-state index is 0.415. The third kappa shape index (κ3) is 3.55. The molecule has 0 atom stereocenters. The molecule has 9 heteroatoms. The molecule has 2 N–H and O–H groups in total. The maximum atomic E-state index is 13.5. The summed E-state index contributed by atoms with van der Waals surface area (Å²) in [6, 6.07) is 2.54. The second-order valence-electron chi connectivity index (χ2n) is 4.97. The summed E-state index contributed by atoms with van der Waals surface area (Å²) in [6.07, 6.45) is 1.33. The number of nitrogens with one attached hydrogen (secondary N) is 1. The highest BCUT2D eigenvalue weighted by Gasteiger charge is 2.32. The third-order valence-electron chi connectivity index (χ3n) is 3.44. The van der Waals surface area contributed by atoms with Crippen molar-refractivity contribution in [2.45, 2.75) is 42.7 Å². The summed E-state index contributed by atoms with van der Waals surface area (Å²) in [5.74, 6) is -1.19. The van der Waals surface area contributed by atoms with Crippen molar-refractivity contribution in [3.05, 3.63) is 34.1 Å². The fraction of sp³-hybridized carbons (Fsp3) is 0.500. The van der Waals surface area contributed by atoms with E-state index in [1.807, 2.05) is 0 Å². The van der Waals surface area contributed by atoms with Crippen LogP contribution < -0.4 is 4.72 Å². The summed E-state index contributed by atoms with van der Waals surface area (Å²) in [7, 11) is -4.19. The summed E-state index contributed by atoms with van der Waals surface area (Å²) in [4.78, 5) is 9.14. The Balaban J connectivity index is 2.28. The number of rotatable bonds is 4. The van der Waals surface area contributed by atoms with E-state index >= 15 is 0 Å². The van der Waals surface area contributed by atoms with Crippen molar-refractivity contribution in [1.29, 1.82) is 0 Å². The van der Waals surface area contributed by atoms with Crippen molar-refractivity contribution < 1.29 is 22.8 Å². The zero-order valence-electron chi connectivity index (χ0n) is 11.0. The monoisotopic (exact) mass is 318 g/mol. The Hall–Kier alpha value is -1.58. The molecule has 0 amide bonds. The van der Waals surface area contributed by atoms with Gasteiger partial charge in [-0.1, -0.05) is 6.07 Å². The van der Waals surface area contributed by atoms with E-state index < -0.39 is 43.5 Å². The number of nitrogens with zero attached hydrogens (tertiary/aromatic N) is 1. The molecule has 1 aliphatic rings. The second-order valence-corrected chi connectivity index (χ2v) is 6.65. The van der Waals surface area contributed by atoms with Crippen LogP contribution in [-0.4, -0.2) is 30.6 Å². The molecule has 21 heavy (non-hydrogen) atoms. The fourth-order valence-electron chi connectivity index (χ4n) is 2.37. The number of nitro groups is 1. The average molecular weight is 318 g/mol. The smallest absolute Gasteiger partial charge is 0.324 e. The molecule has 116 valence electrons. The van der Waals surface area contributed by atoms with Gasteiger partial charge in [0.15, 0.2) is 4.90 Å². The molecule has 0 unspecified atom stereocenters. The average Bonchev–Trinajstić information content (AvgIpc) is 2.40. The molecule has 0 saturated heterocycles. The molecule has 0 bridgehead atoms. The molecule has 0 aromatic heterocycles. The van der Waals surface area contributed by atoms with E-state index in [1.54, 1.807) is 0 Å². The number of hydrogen-bond donors (Lipinski definition) is 2. The predicted octanol–water partition coefficient (Wildman–Crippen LogP) is 1.32. The number of aliphatic hydroxyl groups is 1. The first kappa shape index (κ1) is 15.8. The Labute approximate surface area is 121 Å². The number of hydrogen-bond acceptors (Lipinski definition) is 5. The zero-order chi connectivity index (χ0) is 15.6. The Morgan fingerprint density at radius 1 is 1.29 bits per heavy atom. The summed E-state index contributed by atoms with van der Waals surface area (Å²) in [6.45, 7) is 0. The van der Waals surface area contributed by atoms with Crippen LogP contribution in [0.2, 0.25) is 0 Å². The van der Waals surface area contributed by atoms with Gasteiger partial charge in [0.1, 0.15) is 0 Å². The van der Waals surface area contributed by atoms with Gasteiger partial charge in [-0.15, -0.1) is 0 Å². The van der Waals surface area contributed by atoms with Crippen LogP contribution in [0.25, 0.3) is 0 Å². The Morgan fingerprint density at radius 2 is 1.90 bits per heavy atom. The summed E-state index contributed by atoms with van der Waals surface area (Å²) < 4.78 is 40.3. The maximum absolute atomic E-state index is 13.5. The number of aliphatic hydroxyl groups excluding tert-OH is 1. The number of nitro benzene ring substituents is 1. The van der Waals surface area contributed by atoms with Gasteiger partial charge in [0, 0.05) is 6.04 Å². The lowest BCUT2D eigenvalue weighted by Crippen LogP contribution is -2.38. The molecule has 0 spiro atoms. The molecule has 1 saturated carbocycles. The SMILES string of the molecule is O=[N+]([O-])c1c(F)cccc1S(=O)(=O)NC1CCC(O)CC1. The van der Waals surface area contributed by atoms with Crippen LogP contribution in [0.4, 0.5) is 10.1 Å². The van der Waals surface area contributed by atoms with E-state index in [4.69, 9.17) is 0 Å². The van der Waals surface area contributed by atoms with Gasteiger partial charge < -0.3 is 5.11 Å². The minimum Gasteiger partial charge on any atom is -0.393 e. The Kier molecular flexibility index (Phi) is 4.55. The molecule has 1 fully saturated rings. The molecule has 0 radical (unpaired) electrons. The molecule has 7 nitrogen and oxygen atoms in total. The van der Waals surface area contributed by atoms with Crippen molar-refractivity contribution in [2.75, 3.05) is 0 Å². The van der Waals surface area contributed by atoms with Gasteiger partial charge in [-0.2, -0.15) is 4.39 Å². The van der Waals surface area contributed by atoms with Gasteiger partial charge in [-0.05, 0) is 37.8 Å². The van der Waals surface area contributed by atoms with E-state index in [2.05, 4.69) is 4.72 Å². The number of sulfonamides is 1. The van der Waals surface area contributed by atoms with Crippen LogP contribution in [0.1, 0.15) is 25.7 Å². The predicted molar refractivity (Wildman–Crippen MR) is 71.6 cm³/mol. The molecule has 1 aromatic carbocycles. The molecular formula is C12H15FN2O5S. The quantitative estimate of drug-likeness (QED) is 0.642. The van der Waals surface area contributed by atoms with Gasteiger partial charge >= 0.3 is 5.69 Å². The van der Waals surface area contributed by atoms with E-state index in [0.29, 0.717) is 25.7 Å². The Morgan fingerprint density at radius 3 is 2.48 bits per heavy atom. The van der Waals surface area contributed by atoms with Gasteiger partial charge in [0.05, 0.1) is 11.0 Å². The first-order valence-corrected chi connectivity index (χ1v) is 7.93. The largest absolute Gasteiger partial charge is 0.393 e. The van der Waals surface area contributed by atoms with Crippen LogP contribution in [0.3, 0.4) is 0 Å². The van der Waals surface area contributed by atoms with Crippen molar-refractivity contribution >= 4 is 15.7 Å². The van der Waals surface area contributed by atoms with Gasteiger partial charge in [0.2, 0.25) is 15.8 Å². The summed E-state index contributed by atoms with van der Waals surface area (Å²) in [5, 5.41) is 20.2. The number of para-hydroxylation sites is 1. The lowest BCUT2D eigenvalue weighted by atomic mass is 9.94. The molecular weight excluding hydrogens is 303 g/mol. The normalized spacial score (nSPS) is 23.0. The van der Waals surface area contributed by atoms with Crippen molar-refractivity contribution in [3.8, 4) is 0 Å². The molecule has 0 heterocycles. The second kappa shape index (κ2) is 6.04. The summed E-state index contributed by atoms with van der Waals surface area (Å²) in [5.41, 5.74) is -1.05. The number of halogens is 1.